The van der Waals surface area contributed by atoms with Crippen LogP contribution in [-0.2, 0) is 11.2 Å². The van der Waals surface area contributed by atoms with E-state index in [0.717, 1.165) is 17.6 Å². The van der Waals surface area contributed by atoms with Crippen molar-refractivity contribution in [2.24, 2.45) is 0 Å². The van der Waals surface area contributed by atoms with Gasteiger partial charge >= 0.3 is 0 Å². The molecule has 0 unspecified atom stereocenters. The summed E-state index contributed by atoms with van der Waals surface area (Å²) < 4.78 is 0. The van der Waals surface area contributed by atoms with Gasteiger partial charge in [0, 0.05) is 5.57 Å². The quantitative estimate of drug-likeness (QED) is 0.367. The van der Waals surface area contributed by atoms with Crippen LogP contribution in [0.25, 0.3) is 16.8 Å². The van der Waals surface area contributed by atoms with Crippen LogP contribution in [0.2, 0.25) is 0 Å². The molecule has 0 atom stereocenters. The molecule has 1 fully saturated rings. The lowest BCUT2D eigenvalue weighted by Gasteiger charge is -2.17. The van der Waals surface area contributed by atoms with Crippen molar-refractivity contribution in [3.8, 4) is 0 Å². The first-order chi connectivity index (χ1) is 14.0. The number of hydrogen-bond donors (Lipinski definition) is 2. The van der Waals surface area contributed by atoms with Gasteiger partial charge in [-0.05, 0) is 54.7 Å². The molecular weight excluding hydrogens is 356 g/mol. The number of hydrogen-bond acceptors (Lipinski definition) is 2. The monoisotopic (exact) mass is 392 g/mol. The van der Waals surface area contributed by atoms with Crippen LogP contribution in [-0.4, -0.2) is 11.4 Å². The summed E-state index contributed by atoms with van der Waals surface area (Å²) in [4.78, 5) is 12.3. The molecule has 0 bridgehead atoms. The zero-order valence-electron chi connectivity index (χ0n) is 18.3. The molecule has 0 aliphatic carbocycles. The Kier molecular flexibility index (Phi) is 7.49. The number of fused-ring (bicyclic) bond motifs is 1. The Morgan fingerprint density at radius 3 is 2.21 bits per heavy atom. The highest BCUT2D eigenvalue weighted by Crippen LogP contribution is 2.29. The van der Waals surface area contributed by atoms with Crippen LogP contribution in [0.15, 0.2) is 42.0 Å². The van der Waals surface area contributed by atoms with E-state index in [9.17, 15) is 4.79 Å². The van der Waals surface area contributed by atoms with E-state index >= 15 is 0 Å². The third-order valence-corrected chi connectivity index (χ3v) is 6.03. The molecule has 0 spiro atoms. The fraction of sp³-hybridized carbons (Fsp3) is 0.500. The molecule has 2 aromatic carbocycles. The lowest BCUT2D eigenvalue weighted by Crippen LogP contribution is -2.38. The normalized spacial score (nSPS) is 17.2. The molecule has 1 saturated heterocycles. The van der Waals surface area contributed by atoms with E-state index in [0.29, 0.717) is 0 Å². The highest BCUT2D eigenvalue weighted by molar-refractivity contribution is 6.04. The minimum Gasteiger partial charge on any atom is -0.287 e. The first kappa shape index (κ1) is 21.6. The summed E-state index contributed by atoms with van der Waals surface area (Å²) in [5.41, 5.74) is 8.78. The van der Waals surface area contributed by atoms with Gasteiger partial charge < -0.3 is 0 Å². The van der Waals surface area contributed by atoms with Crippen molar-refractivity contribution in [2.45, 2.75) is 84.1 Å². The van der Waals surface area contributed by atoms with Crippen LogP contribution in [0.3, 0.4) is 0 Å². The van der Waals surface area contributed by atoms with Gasteiger partial charge in [-0.1, -0.05) is 88.3 Å². The maximum atomic E-state index is 12.3. The predicted molar refractivity (Wildman–Crippen MR) is 124 cm³/mol. The topological polar surface area (TPSA) is 41.1 Å². The maximum Gasteiger partial charge on any atom is 0.263 e. The van der Waals surface area contributed by atoms with E-state index < -0.39 is 0 Å². The number of rotatable bonds is 10. The van der Waals surface area contributed by atoms with Crippen molar-refractivity contribution in [3.05, 3.63) is 53.1 Å². The summed E-state index contributed by atoms with van der Waals surface area (Å²) in [6.45, 7) is 6.33. The summed E-state index contributed by atoms with van der Waals surface area (Å²) >= 11 is 0. The summed E-state index contributed by atoms with van der Waals surface area (Å²) in [5.74, 6) is -0.0347. The Bertz CT molecular complexity index is 861. The second-order valence-corrected chi connectivity index (χ2v) is 8.85. The van der Waals surface area contributed by atoms with Crippen molar-refractivity contribution < 1.29 is 4.79 Å². The first-order valence-corrected chi connectivity index (χ1v) is 11.3. The molecule has 0 saturated carbocycles. The lowest BCUT2D eigenvalue weighted by molar-refractivity contribution is -0.116. The number of carbonyl (C=O) groups excluding carboxylic acids is 1. The molecule has 3 nitrogen and oxygen atoms in total. The second-order valence-electron chi connectivity index (χ2n) is 8.85. The Labute approximate surface area is 175 Å². The molecule has 2 aromatic rings. The third-order valence-electron chi connectivity index (χ3n) is 6.03. The molecule has 1 heterocycles. The number of aryl methyl sites for hydroxylation is 1. The fourth-order valence-corrected chi connectivity index (χ4v) is 4.26. The van der Waals surface area contributed by atoms with Crippen molar-refractivity contribution in [3.63, 3.8) is 0 Å². The predicted octanol–water partition coefficient (Wildman–Crippen LogP) is 6.32. The largest absolute Gasteiger partial charge is 0.287 e. The lowest BCUT2D eigenvalue weighted by atomic mass is 9.90. The highest BCUT2D eigenvalue weighted by Gasteiger charge is 2.35. The Morgan fingerprint density at radius 2 is 1.55 bits per heavy atom. The van der Waals surface area contributed by atoms with Gasteiger partial charge in [0.25, 0.3) is 5.91 Å². The van der Waals surface area contributed by atoms with Gasteiger partial charge in [-0.2, -0.15) is 0 Å². The van der Waals surface area contributed by atoms with Crippen molar-refractivity contribution in [2.75, 3.05) is 0 Å². The third kappa shape index (κ3) is 5.48. The van der Waals surface area contributed by atoms with Crippen LogP contribution >= 0.6 is 0 Å². The van der Waals surface area contributed by atoms with Crippen LogP contribution in [0.1, 0.15) is 83.3 Å². The van der Waals surface area contributed by atoms with E-state index in [1.807, 2.05) is 13.8 Å². The zero-order chi connectivity index (χ0) is 20.7. The number of unbranched alkanes of at least 4 members (excludes halogenated alkanes) is 7. The van der Waals surface area contributed by atoms with E-state index in [1.165, 1.54) is 67.7 Å². The van der Waals surface area contributed by atoms with Crippen LogP contribution < -0.4 is 10.9 Å². The number of benzene rings is 2. The van der Waals surface area contributed by atoms with Crippen LogP contribution in [0.4, 0.5) is 0 Å². The van der Waals surface area contributed by atoms with Gasteiger partial charge in [-0.3, -0.25) is 10.2 Å². The van der Waals surface area contributed by atoms with Crippen LogP contribution in [0.5, 0.6) is 0 Å². The smallest absolute Gasteiger partial charge is 0.263 e. The van der Waals surface area contributed by atoms with Gasteiger partial charge in [0.1, 0.15) is 0 Å². The average Bonchev–Trinajstić information content (AvgIpc) is 2.97. The van der Waals surface area contributed by atoms with Crippen LogP contribution in [0, 0.1) is 0 Å². The van der Waals surface area contributed by atoms with Crippen molar-refractivity contribution in [1.82, 2.24) is 10.9 Å². The SMILES string of the molecule is CCCCCCCCCCc1cccc2cccc(/C=C3\C(=O)NNC3(C)C)c12. The molecule has 0 aromatic heterocycles. The van der Waals surface area contributed by atoms with E-state index in [-0.39, 0.29) is 11.4 Å². The molecule has 3 heteroatoms. The molecule has 1 amide bonds. The minimum absolute atomic E-state index is 0.0347. The Balaban J connectivity index is 1.73. The maximum absolute atomic E-state index is 12.3. The minimum atomic E-state index is -0.369. The molecule has 3 rings (SSSR count). The Morgan fingerprint density at radius 1 is 0.897 bits per heavy atom. The molecule has 2 N–H and O–H groups in total. The second kappa shape index (κ2) is 10.1. The number of amides is 1. The van der Waals surface area contributed by atoms with E-state index in [2.05, 4.69) is 60.2 Å². The molecular formula is C26H36N2O. The summed E-state index contributed by atoms with van der Waals surface area (Å²) in [5, 5.41) is 2.54. The van der Waals surface area contributed by atoms with E-state index in [1.54, 1.807) is 0 Å². The summed E-state index contributed by atoms with van der Waals surface area (Å²) in [6, 6.07) is 13.0. The fourth-order valence-electron chi connectivity index (χ4n) is 4.26. The number of hydrazine groups is 1. The first-order valence-electron chi connectivity index (χ1n) is 11.3. The van der Waals surface area contributed by atoms with Crippen molar-refractivity contribution >= 4 is 22.8 Å². The number of carbonyl (C=O) groups is 1. The highest BCUT2D eigenvalue weighted by atomic mass is 16.2. The zero-order valence-corrected chi connectivity index (χ0v) is 18.3. The van der Waals surface area contributed by atoms with E-state index in [4.69, 9.17) is 0 Å². The van der Waals surface area contributed by atoms with Gasteiger partial charge in [-0.15, -0.1) is 0 Å². The van der Waals surface area contributed by atoms with Gasteiger partial charge in [0.05, 0.1) is 5.54 Å². The van der Waals surface area contributed by atoms with Gasteiger partial charge in [0.2, 0.25) is 0 Å². The standard InChI is InChI=1S/C26H36N2O/c1-4-5-6-7-8-9-10-11-14-20-15-12-16-21-17-13-18-22(24(20)21)19-23-25(29)27-28-26(23,2)3/h12-13,15-19,28H,4-11,14H2,1-3H3,(H,27,29)/b23-19+. The molecule has 1 aliphatic heterocycles. The summed E-state index contributed by atoms with van der Waals surface area (Å²) in [6.07, 6.45) is 13.8. The average molecular weight is 393 g/mol. The molecule has 1 aliphatic rings. The van der Waals surface area contributed by atoms with Crippen molar-refractivity contribution in [1.29, 1.82) is 0 Å². The Hall–Kier alpha value is -2.13. The van der Waals surface area contributed by atoms with Gasteiger partial charge in [0.15, 0.2) is 0 Å². The molecule has 29 heavy (non-hydrogen) atoms. The molecule has 0 radical (unpaired) electrons. The number of nitrogens with one attached hydrogen (secondary N) is 2. The van der Waals surface area contributed by atoms with Gasteiger partial charge in [-0.25, -0.2) is 5.43 Å². The summed E-state index contributed by atoms with van der Waals surface area (Å²) in [7, 11) is 0. The molecule has 156 valence electrons.